The normalized spacial score (nSPS) is 14.1. The van der Waals surface area contributed by atoms with Crippen molar-refractivity contribution in [1.29, 1.82) is 0 Å². The third-order valence-corrected chi connectivity index (χ3v) is 2.64. The summed E-state index contributed by atoms with van der Waals surface area (Å²) >= 11 is 0. The number of carbonyl (C=O) groups is 1. The summed E-state index contributed by atoms with van der Waals surface area (Å²) in [5.74, 6) is 0.648. The molecule has 3 N–H and O–H groups in total. The Morgan fingerprint density at radius 1 is 1.61 bits per heavy atom. The number of hydrogen-bond donors (Lipinski definition) is 2. The smallest absolute Gasteiger partial charge is 0.243 e. The van der Waals surface area contributed by atoms with Crippen LogP contribution >= 0.6 is 12.4 Å². The number of ether oxygens (including phenoxy) is 2. The quantitative estimate of drug-likeness (QED) is 0.856. The molecule has 0 bridgehead atoms. The van der Waals surface area contributed by atoms with Gasteiger partial charge in [-0.15, -0.1) is 12.4 Å². The van der Waals surface area contributed by atoms with Gasteiger partial charge in [0, 0.05) is 19.2 Å². The Morgan fingerprint density at radius 3 is 3.11 bits per heavy atom. The molecule has 18 heavy (non-hydrogen) atoms. The molecule has 0 saturated carbocycles. The molecule has 100 valence electrons. The minimum absolute atomic E-state index is 0. The average Bonchev–Trinajstić information content (AvgIpc) is 2.76. The summed E-state index contributed by atoms with van der Waals surface area (Å²) < 4.78 is 10.2. The molecule has 0 aliphatic carbocycles. The highest BCUT2D eigenvalue weighted by Crippen LogP contribution is 2.27. The highest BCUT2D eigenvalue weighted by atomic mass is 35.5. The van der Waals surface area contributed by atoms with Crippen LogP contribution in [0.5, 0.6) is 5.75 Å². The van der Waals surface area contributed by atoms with E-state index in [2.05, 4.69) is 5.32 Å². The van der Waals surface area contributed by atoms with Crippen LogP contribution in [-0.2, 0) is 16.0 Å². The predicted octanol–water partition coefficient (Wildman–Crippen LogP) is 0.956. The molecular formula is C12H17ClN2O3. The molecule has 1 aliphatic heterocycles. The van der Waals surface area contributed by atoms with E-state index >= 15 is 0 Å². The van der Waals surface area contributed by atoms with E-state index in [0.29, 0.717) is 6.61 Å². The summed E-state index contributed by atoms with van der Waals surface area (Å²) in [6.45, 7) is 0.913. The summed E-state index contributed by atoms with van der Waals surface area (Å²) in [6, 6.07) is 4.94. The van der Waals surface area contributed by atoms with Crippen molar-refractivity contribution in [3.05, 3.63) is 23.8 Å². The van der Waals surface area contributed by atoms with Gasteiger partial charge in [-0.1, -0.05) is 0 Å². The van der Waals surface area contributed by atoms with Crippen LogP contribution in [0.25, 0.3) is 0 Å². The zero-order valence-electron chi connectivity index (χ0n) is 10.1. The fourth-order valence-corrected chi connectivity index (χ4v) is 1.75. The molecular weight excluding hydrogens is 256 g/mol. The number of benzene rings is 1. The highest BCUT2D eigenvalue weighted by molar-refractivity contribution is 5.94. The van der Waals surface area contributed by atoms with Crippen molar-refractivity contribution < 1.29 is 14.3 Å². The first-order valence-electron chi connectivity index (χ1n) is 5.52. The molecule has 1 aromatic rings. The minimum Gasteiger partial charge on any atom is -0.493 e. The van der Waals surface area contributed by atoms with Crippen LogP contribution in [0.1, 0.15) is 5.56 Å². The molecule has 1 aliphatic rings. The Hall–Kier alpha value is -1.30. The van der Waals surface area contributed by atoms with Crippen molar-refractivity contribution in [3.8, 4) is 5.75 Å². The molecule has 0 fully saturated rings. The van der Waals surface area contributed by atoms with Gasteiger partial charge in [-0.2, -0.15) is 0 Å². The molecule has 2 rings (SSSR count). The molecule has 5 nitrogen and oxygen atoms in total. The minimum atomic E-state index is -0.649. The van der Waals surface area contributed by atoms with Crippen molar-refractivity contribution >= 4 is 24.0 Å². The second-order valence-electron chi connectivity index (χ2n) is 3.97. The van der Waals surface area contributed by atoms with Crippen LogP contribution in [0.2, 0.25) is 0 Å². The Kier molecular flexibility index (Phi) is 5.40. The molecule has 1 amide bonds. The molecule has 0 radical (unpaired) electrons. The topological polar surface area (TPSA) is 73.6 Å². The molecule has 6 heteroatoms. The fourth-order valence-electron chi connectivity index (χ4n) is 1.75. The van der Waals surface area contributed by atoms with Gasteiger partial charge in [-0.05, 0) is 23.8 Å². The third-order valence-electron chi connectivity index (χ3n) is 2.64. The van der Waals surface area contributed by atoms with Crippen LogP contribution in [0.4, 0.5) is 5.69 Å². The van der Waals surface area contributed by atoms with E-state index in [4.69, 9.17) is 15.2 Å². The second-order valence-corrected chi connectivity index (χ2v) is 3.97. The van der Waals surface area contributed by atoms with Gasteiger partial charge in [0.25, 0.3) is 0 Å². The molecule has 1 heterocycles. The van der Waals surface area contributed by atoms with Gasteiger partial charge in [0.1, 0.15) is 11.8 Å². The Morgan fingerprint density at radius 2 is 2.39 bits per heavy atom. The first kappa shape index (κ1) is 14.8. The van der Waals surface area contributed by atoms with Crippen LogP contribution in [0.15, 0.2) is 18.2 Å². The van der Waals surface area contributed by atoms with E-state index in [-0.39, 0.29) is 24.9 Å². The molecule has 0 spiro atoms. The maximum atomic E-state index is 11.7. The number of amides is 1. The van der Waals surface area contributed by atoms with Gasteiger partial charge < -0.3 is 20.5 Å². The van der Waals surface area contributed by atoms with Gasteiger partial charge in [0.2, 0.25) is 5.91 Å². The monoisotopic (exact) mass is 272 g/mol. The maximum absolute atomic E-state index is 11.7. The summed E-state index contributed by atoms with van der Waals surface area (Å²) in [5, 5.41) is 2.76. The third kappa shape index (κ3) is 3.35. The molecule has 1 unspecified atom stereocenters. The number of halogens is 1. The number of nitrogens with two attached hydrogens (primary N) is 1. The summed E-state index contributed by atoms with van der Waals surface area (Å²) in [7, 11) is 1.51. The van der Waals surface area contributed by atoms with Crippen molar-refractivity contribution in [2.24, 2.45) is 5.73 Å². The number of methoxy groups -OCH3 is 1. The zero-order valence-corrected chi connectivity index (χ0v) is 11.0. The average molecular weight is 273 g/mol. The van der Waals surface area contributed by atoms with Crippen molar-refractivity contribution in [2.45, 2.75) is 12.5 Å². The lowest BCUT2D eigenvalue weighted by Gasteiger charge is -2.11. The van der Waals surface area contributed by atoms with Gasteiger partial charge in [0.15, 0.2) is 0 Å². The second kappa shape index (κ2) is 6.58. The van der Waals surface area contributed by atoms with Crippen molar-refractivity contribution in [1.82, 2.24) is 0 Å². The molecule has 0 saturated heterocycles. The Balaban J connectivity index is 0.00000162. The number of anilines is 1. The first-order valence-corrected chi connectivity index (χ1v) is 5.52. The van der Waals surface area contributed by atoms with Crippen LogP contribution in [0.3, 0.4) is 0 Å². The van der Waals surface area contributed by atoms with Crippen molar-refractivity contribution in [2.75, 3.05) is 25.6 Å². The molecule has 1 aromatic carbocycles. The van der Waals surface area contributed by atoms with E-state index in [1.807, 2.05) is 18.2 Å². The number of rotatable bonds is 4. The van der Waals surface area contributed by atoms with E-state index < -0.39 is 6.04 Å². The number of carbonyl (C=O) groups excluding carboxylic acids is 1. The van der Waals surface area contributed by atoms with Crippen molar-refractivity contribution in [3.63, 3.8) is 0 Å². The van der Waals surface area contributed by atoms with E-state index in [1.54, 1.807) is 0 Å². The summed E-state index contributed by atoms with van der Waals surface area (Å²) in [5.41, 5.74) is 7.48. The number of hydrogen-bond acceptors (Lipinski definition) is 4. The largest absolute Gasteiger partial charge is 0.493 e. The summed E-state index contributed by atoms with van der Waals surface area (Å²) in [4.78, 5) is 11.7. The molecule has 1 atom stereocenters. The fraction of sp³-hybridized carbons (Fsp3) is 0.417. The van der Waals surface area contributed by atoms with Gasteiger partial charge in [-0.3, -0.25) is 4.79 Å². The lowest BCUT2D eigenvalue weighted by molar-refractivity contribution is -0.118. The maximum Gasteiger partial charge on any atom is 0.243 e. The number of nitrogens with one attached hydrogen (secondary N) is 1. The van der Waals surface area contributed by atoms with Crippen LogP contribution in [-0.4, -0.2) is 32.3 Å². The SMILES string of the molecule is COCC(N)C(=O)Nc1ccc2c(c1)CCO2.Cl. The lowest BCUT2D eigenvalue weighted by Crippen LogP contribution is -2.39. The zero-order chi connectivity index (χ0) is 12.3. The predicted molar refractivity (Wildman–Crippen MR) is 71.4 cm³/mol. The van der Waals surface area contributed by atoms with Crippen LogP contribution < -0.4 is 15.8 Å². The van der Waals surface area contributed by atoms with E-state index in [1.165, 1.54) is 7.11 Å². The lowest BCUT2D eigenvalue weighted by atomic mass is 10.1. The van der Waals surface area contributed by atoms with E-state index in [0.717, 1.165) is 23.4 Å². The highest BCUT2D eigenvalue weighted by Gasteiger charge is 2.16. The summed E-state index contributed by atoms with van der Waals surface area (Å²) in [6.07, 6.45) is 0.878. The standard InChI is InChI=1S/C12H16N2O3.ClH/c1-16-7-10(13)12(15)14-9-2-3-11-8(6-9)4-5-17-11;/h2-3,6,10H,4-5,7,13H2,1H3,(H,14,15);1H. The van der Waals surface area contributed by atoms with Gasteiger partial charge >= 0.3 is 0 Å². The molecule has 0 aromatic heterocycles. The van der Waals surface area contributed by atoms with Gasteiger partial charge in [0.05, 0.1) is 13.2 Å². The van der Waals surface area contributed by atoms with Crippen LogP contribution in [0, 0.1) is 0 Å². The van der Waals surface area contributed by atoms with Gasteiger partial charge in [-0.25, -0.2) is 0 Å². The Labute approximate surface area is 112 Å². The Bertz CT molecular complexity index is 426. The van der Waals surface area contributed by atoms with E-state index in [9.17, 15) is 4.79 Å². The first-order chi connectivity index (χ1) is 8.20. The number of fused-ring (bicyclic) bond motifs is 1.